The van der Waals surface area contributed by atoms with Crippen LogP contribution < -0.4 is 5.32 Å². The number of carbonyl (C=O) groups excluding carboxylic acids is 1. The van der Waals surface area contributed by atoms with Crippen LogP contribution in [0.5, 0.6) is 0 Å². The fraction of sp³-hybridized carbons (Fsp3) is 0.300. The number of nitrogens with one attached hydrogen (secondary N) is 1. The van der Waals surface area contributed by atoms with Crippen molar-refractivity contribution < 1.29 is 9.53 Å². The summed E-state index contributed by atoms with van der Waals surface area (Å²) in [5, 5.41) is 3.10. The summed E-state index contributed by atoms with van der Waals surface area (Å²) in [6.07, 6.45) is -0.744. The first-order valence-electron chi connectivity index (χ1n) is 4.42. The fourth-order valence-corrected chi connectivity index (χ4v) is 1.50. The van der Waals surface area contributed by atoms with Gasteiger partial charge in [0.1, 0.15) is 0 Å². The molecule has 0 saturated heterocycles. The summed E-state index contributed by atoms with van der Waals surface area (Å²) < 4.78 is 4.91. The van der Waals surface area contributed by atoms with Gasteiger partial charge < -0.3 is 10.1 Å². The molecule has 1 N–H and O–H groups in total. The maximum absolute atomic E-state index is 11.7. The SMILES string of the molecule is CO[C@@H](NC(=O)c1ccc(Cl)cc1)C(Cl)Cl. The second-order valence-electron chi connectivity index (χ2n) is 2.97. The Labute approximate surface area is 109 Å². The van der Waals surface area contributed by atoms with Gasteiger partial charge in [0, 0.05) is 17.7 Å². The Kier molecular flexibility index (Phi) is 5.35. The Balaban J connectivity index is 2.68. The molecule has 0 aliphatic rings. The van der Waals surface area contributed by atoms with E-state index in [2.05, 4.69) is 5.32 Å². The topological polar surface area (TPSA) is 38.3 Å². The van der Waals surface area contributed by atoms with E-state index in [9.17, 15) is 4.79 Å². The zero-order chi connectivity index (χ0) is 12.1. The van der Waals surface area contributed by atoms with Crippen molar-refractivity contribution in [2.24, 2.45) is 0 Å². The van der Waals surface area contributed by atoms with Crippen molar-refractivity contribution in [3.8, 4) is 0 Å². The third-order valence-corrected chi connectivity index (χ3v) is 2.57. The molecule has 16 heavy (non-hydrogen) atoms. The third kappa shape index (κ3) is 3.83. The van der Waals surface area contributed by atoms with Crippen LogP contribution in [0.4, 0.5) is 0 Å². The third-order valence-electron chi connectivity index (χ3n) is 1.86. The summed E-state index contributed by atoms with van der Waals surface area (Å²) in [5.41, 5.74) is 0.459. The Morgan fingerprint density at radius 1 is 1.31 bits per heavy atom. The molecule has 3 nitrogen and oxygen atoms in total. The fourth-order valence-electron chi connectivity index (χ4n) is 1.04. The van der Waals surface area contributed by atoms with E-state index in [-0.39, 0.29) is 5.91 Å². The smallest absolute Gasteiger partial charge is 0.253 e. The molecule has 0 heterocycles. The monoisotopic (exact) mass is 281 g/mol. The van der Waals surface area contributed by atoms with Crippen LogP contribution in [0.1, 0.15) is 10.4 Å². The zero-order valence-electron chi connectivity index (χ0n) is 8.41. The van der Waals surface area contributed by atoms with Gasteiger partial charge in [-0.1, -0.05) is 11.6 Å². The summed E-state index contributed by atoms with van der Waals surface area (Å²) in [6.45, 7) is 0. The molecule has 1 amide bonds. The van der Waals surface area contributed by atoms with Crippen molar-refractivity contribution in [2.45, 2.75) is 11.1 Å². The van der Waals surface area contributed by atoms with Crippen molar-refractivity contribution in [2.75, 3.05) is 7.11 Å². The van der Waals surface area contributed by atoms with Crippen LogP contribution >= 0.6 is 34.8 Å². The molecule has 0 saturated carbocycles. The summed E-state index contributed by atoms with van der Waals surface area (Å²) >= 11 is 16.9. The maximum atomic E-state index is 11.7. The highest BCUT2D eigenvalue weighted by atomic mass is 35.5. The van der Waals surface area contributed by atoms with Gasteiger partial charge in [-0.2, -0.15) is 0 Å². The van der Waals surface area contributed by atoms with Crippen LogP contribution in [-0.2, 0) is 4.74 Å². The van der Waals surface area contributed by atoms with Crippen LogP contribution in [0.3, 0.4) is 0 Å². The molecule has 1 aromatic carbocycles. The minimum atomic E-state index is -0.832. The number of benzene rings is 1. The van der Waals surface area contributed by atoms with E-state index in [4.69, 9.17) is 39.5 Å². The molecule has 1 atom stereocenters. The van der Waals surface area contributed by atoms with Crippen LogP contribution in [-0.4, -0.2) is 24.1 Å². The highest BCUT2D eigenvalue weighted by Gasteiger charge is 2.19. The maximum Gasteiger partial charge on any atom is 0.253 e. The molecular weight excluding hydrogens is 272 g/mol. The van der Waals surface area contributed by atoms with Crippen LogP contribution in [0.25, 0.3) is 0 Å². The van der Waals surface area contributed by atoms with E-state index in [1.54, 1.807) is 24.3 Å². The van der Waals surface area contributed by atoms with Gasteiger partial charge >= 0.3 is 0 Å². The van der Waals surface area contributed by atoms with Crippen LogP contribution in [0.15, 0.2) is 24.3 Å². The van der Waals surface area contributed by atoms with Gasteiger partial charge in [-0.15, -0.1) is 23.2 Å². The minimum absolute atomic E-state index is 0.324. The lowest BCUT2D eigenvalue weighted by Crippen LogP contribution is -2.40. The summed E-state index contributed by atoms with van der Waals surface area (Å²) in [5.74, 6) is -0.324. The first-order chi connectivity index (χ1) is 7.54. The van der Waals surface area contributed by atoms with E-state index >= 15 is 0 Å². The predicted molar refractivity (Wildman–Crippen MR) is 65.2 cm³/mol. The molecule has 0 aromatic heterocycles. The first kappa shape index (κ1) is 13.6. The number of halogens is 3. The van der Waals surface area contributed by atoms with E-state index in [1.165, 1.54) is 7.11 Å². The van der Waals surface area contributed by atoms with Gasteiger partial charge in [-0.05, 0) is 24.3 Å². The predicted octanol–water partition coefficient (Wildman–Crippen LogP) is 2.85. The molecule has 0 aliphatic heterocycles. The van der Waals surface area contributed by atoms with Gasteiger partial charge in [0.2, 0.25) is 0 Å². The van der Waals surface area contributed by atoms with Crippen molar-refractivity contribution in [1.82, 2.24) is 5.32 Å². The Morgan fingerprint density at radius 2 is 1.88 bits per heavy atom. The number of rotatable bonds is 4. The van der Waals surface area contributed by atoms with E-state index < -0.39 is 11.1 Å². The normalized spacial score (nSPS) is 12.6. The van der Waals surface area contributed by atoms with E-state index in [1.807, 2.05) is 0 Å². The van der Waals surface area contributed by atoms with Gasteiger partial charge in [0.05, 0.1) is 0 Å². The lowest BCUT2D eigenvalue weighted by atomic mass is 10.2. The zero-order valence-corrected chi connectivity index (χ0v) is 10.7. The molecule has 0 aliphatic carbocycles. The van der Waals surface area contributed by atoms with Gasteiger partial charge in [0.25, 0.3) is 5.91 Å². The van der Waals surface area contributed by atoms with Crippen LogP contribution in [0, 0.1) is 0 Å². The van der Waals surface area contributed by atoms with Crippen molar-refractivity contribution in [3.63, 3.8) is 0 Å². The van der Waals surface area contributed by atoms with Gasteiger partial charge in [0.15, 0.2) is 11.1 Å². The molecule has 1 rings (SSSR count). The summed E-state index contributed by atoms with van der Waals surface area (Å²) in [4.78, 5) is 10.8. The molecule has 6 heteroatoms. The Morgan fingerprint density at radius 3 is 2.31 bits per heavy atom. The average molecular weight is 283 g/mol. The lowest BCUT2D eigenvalue weighted by molar-refractivity contribution is 0.0636. The average Bonchev–Trinajstić information content (AvgIpc) is 2.26. The quantitative estimate of drug-likeness (QED) is 0.681. The van der Waals surface area contributed by atoms with E-state index in [0.29, 0.717) is 10.6 Å². The number of hydrogen-bond acceptors (Lipinski definition) is 2. The van der Waals surface area contributed by atoms with Gasteiger partial charge in [-0.3, -0.25) is 4.79 Å². The second-order valence-corrected chi connectivity index (χ2v) is 4.57. The molecular formula is C10H10Cl3NO2. The molecule has 0 spiro atoms. The molecule has 0 unspecified atom stereocenters. The Hall–Kier alpha value is -0.480. The number of methoxy groups -OCH3 is 1. The minimum Gasteiger partial charge on any atom is -0.359 e. The standard InChI is InChI=1S/C10H10Cl3NO2/c1-16-10(8(12)13)14-9(15)6-2-4-7(11)5-3-6/h2-5,8,10H,1H3,(H,14,15)/t10-/m1/s1. The number of ether oxygens (including phenoxy) is 1. The highest BCUT2D eigenvalue weighted by molar-refractivity contribution is 6.44. The summed E-state index contributed by atoms with van der Waals surface area (Å²) in [6, 6.07) is 6.44. The summed E-state index contributed by atoms with van der Waals surface area (Å²) in [7, 11) is 1.41. The van der Waals surface area contributed by atoms with Gasteiger partial charge in [-0.25, -0.2) is 0 Å². The molecule has 1 aromatic rings. The van der Waals surface area contributed by atoms with Crippen molar-refractivity contribution in [3.05, 3.63) is 34.9 Å². The number of carbonyl (C=O) groups is 1. The molecule has 0 radical (unpaired) electrons. The highest BCUT2D eigenvalue weighted by Crippen LogP contribution is 2.12. The lowest BCUT2D eigenvalue weighted by Gasteiger charge is -2.17. The van der Waals surface area contributed by atoms with E-state index in [0.717, 1.165) is 0 Å². The molecule has 0 bridgehead atoms. The Bertz CT molecular complexity index is 354. The number of amides is 1. The van der Waals surface area contributed by atoms with Crippen LogP contribution in [0.2, 0.25) is 5.02 Å². The number of alkyl halides is 2. The molecule has 0 fully saturated rings. The largest absolute Gasteiger partial charge is 0.359 e. The molecule has 88 valence electrons. The second kappa shape index (κ2) is 6.30. The van der Waals surface area contributed by atoms with Crippen molar-refractivity contribution >= 4 is 40.7 Å². The first-order valence-corrected chi connectivity index (χ1v) is 5.67. The van der Waals surface area contributed by atoms with Crippen molar-refractivity contribution in [1.29, 1.82) is 0 Å². The number of hydrogen-bond donors (Lipinski definition) is 1.